The number of carbonyl (C=O) groups is 1. The van der Waals surface area contributed by atoms with E-state index in [1.807, 2.05) is 4.90 Å². The summed E-state index contributed by atoms with van der Waals surface area (Å²) in [5.41, 5.74) is 6.57. The molecule has 2 N–H and O–H groups in total. The highest BCUT2D eigenvalue weighted by molar-refractivity contribution is 7.17. The molecule has 1 amide bonds. The number of hydrogen-bond donors (Lipinski definition) is 1. The van der Waals surface area contributed by atoms with Gasteiger partial charge in [-0.1, -0.05) is 32.1 Å². The minimum Gasteiger partial charge on any atom is -0.410 e. The van der Waals surface area contributed by atoms with E-state index in [0.29, 0.717) is 35.5 Å². The number of hydrogen-bond acceptors (Lipinski definition) is 10. The molecule has 1 aromatic carbocycles. The number of nitrogens with two attached hydrogens (primary N) is 1. The van der Waals surface area contributed by atoms with Gasteiger partial charge in [-0.05, 0) is 42.4 Å². The van der Waals surface area contributed by atoms with Gasteiger partial charge < -0.3 is 19.8 Å². The highest BCUT2D eigenvalue weighted by Crippen LogP contribution is 2.41. The summed E-state index contributed by atoms with van der Waals surface area (Å²) in [6, 6.07) is 6.28. The quantitative estimate of drug-likeness (QED) is 0.147. The summed E-state index contributed by atoms with van der Waals surface area (Å²) in [6.07, 6.45) is -3.48. The first-order valence-corrected chi connectivity index (χ1v) is 16.8. The smallest absolute Gasteiger partial charge is 0.410 e. The number of halogens is 3. The fourth-order valence-electron chi connectivity index (χ4n) is 4.32. The summed E-state index contributed by atoms with van der Waals surface area (Å²) >= 11 is 0.635. The lowest BCUT2D eigenvalue weighted by Crippen LogP contribution is -2.58. The highest BCUT2D eigenvalue weighted by Gasteiger charge is 2.42. The van der Waals surface area contributed by atoms with Gasteiger partial charge in [-0.25, -0.2) is 9.67 Å². The monoisotopic (exact) mass is 635 g/mol. The maximum Gasteiger partial charge on any atom is 0.573 e. The summed E-state index contributed by atoms with van der Waals surface area (Å²) in [4.78, 5) is 34.5. The Morgan fingerprint density at radius 2 is 1.81 bits per heavy atom. The Hall–Kier alpha value is -4.09. The molecule has 4 heterocycles. The SMILES string of the molecule is CC(C)(C)[Si](C)(C)OC1CN(c2nc(-c3cc([N+](=O)[O-])sc3C(N)=O)c3cnn(-c4ccc(OC(F)(F)F)cc4)c3n2)C1. The molecular formula is C26H28F3N7O5SSi. The van der Waals surface area contributed by atoms with E-state index < -0.39 is 31.3 Å². The third kappa shape index (κ3) is 6.05. The van der Waals surface area contributed by atoms with E-state index in [0.717, 1.165) is 12.1 Å². The maximum absolute atomic E-state index is 12.7. The van der Waals surface area contributed by atoms with Gasteiger partial charge >= 0.3 is 11.4 Å². The van der Waals surface area contributed by atoms with Gasteiger partial charge in [0.25, 0.3) is 5.91 Å². The number of anilines is 1. The van der Waals surface area contributed by atoms with Crippen LogP contribution < -0.4 is 15.4 Å². The van der Waals surface area contributed by atoms with Crippen LogP contribution in [0.1, 0.15) is 30.4 Å². The second-order valence-corrected chi connectivity index (χ2v) is 17.3. The molecule has 3 aromatic heterocycles. The van der Waals surface area contributed by atoms with E-state index in [2.05, 4.69) is 43.7 Å². The van der Waals surface area contributed by atoms with Crippen LogP contribution in [0.5, 0.6) is 5.75 Å². The number of fused-ring (bicyclic) bond motifs is 1. The van der Waals surface area contributed by atoms with Crippen molar-refractivity contribution in [1.82, 2.24) is 19.7 Å². The molecule has 1 saturated heterocycles. The predicted octanol–water partition coefficient (Wildman–Crippen LogP) is 5.66. The van der Waals surface area contributed by atoms with Crippen molar-refractivity contribution in [3.8, 4) is 22.7 Å². The molecule has 1 aliphatic rings. The van der Waals surface area contributed by atoms with Crippen LogP contribution in [0.15, 0.2) is 36.5 Å². The number of ether oxygens (including phenoxy) is 1. The van der Waals surface area contributed by atoms with E-state index in [-0.39, 0.29) is 43.9 Å². The Labute approximate surface area is 248 Å². The lowest BCUT2D eigenvalue weighted by Gasteiger charge is -2.46. The Balaban J connectivity index is 1.58. The molecule has 0 spiro atoms. The van der Waals surface area contributed by atoms with Gasteiger partial charge in [0.1, 0.15) is 10.6 Å². The van der Waals surface area contributed by atoms with Gasteiger partial charge in [0.15, 0.2) is 14.0 Å². The van der Waals surface area contributed by atoms with Crippen molar-refractivity contribution in [2.24, 2.45) is 5.73 Å². The molecule has 228 valence electrons. The van der Waals surface area contributed by atoms with Gasteiger partial charge in [-0.15, -0.1) is 13.2 Å². The fraction of sp³-hybridized carbons (Fsp3) is 0.385. The lowest BCUT2D eigenvalue weighted by atomic mass is 10.1. The van der Waals surface area contributed by atoms with Crippen LogP contribution in [0.2, 0.25) is 18.1 Å². The van der Waals surface area contributed by atoms with Crippen LogP contribution in [-0.4, -0.2) is 64.5 Å². The molecule has 0 aliphatic carbocycles. The zero-order chi connectivity index (χ0) is 31.5. The zero-order valence-electron chi connectivity index (χ0n) is 23.8. The van der Waals surface area contributed by atoms with Crippen molar-refractivity contribution in [3.05, 3.63) is 51.5 Å². The molecule has 17 heteroatoms. The van der Waals surface area contributed by atoms with Crippen molar-refractivity contribution in [2.75, 3.05) is 18.0 Å². The van der Waals surface area contributed by atoms with Gasteiger partial charge in [0.05, 0.1) is 34.0 Å². The minimum absolute atomic E-state index is 0.0159. The van der Waals surface area contributed by atoms with Crippen molar-refractivity contribution < 1.29 is 32.1 Å². The molecule has 12 nitrogen and oxygen atoms in total. The molecule has 0 bridgehead atoms. The second-order valence-electron chi connectivity index (χ2n) is 11.6. The van der Waals surface area contributed by atoms with Gasteiger partial charge in [-0.3, -0.25) is 14.9 Å². The number of amides is 1. The van der Waals surface area contributed by atoms with E-state index in [4.69, 9.17) is 20.1 Å². The molecule has 4 aromatic rings. The van der Waals surface area contributed by atoms with Gasteiger partial charge in [-0.2, -0.15) is 10.1 Å². The molecule has 0 radical (unpaired) electrons. The number of aromatic nitrogens is 4. The second kappa shape index (κ2) is 10.6. The normalized spacial score (nSPS) is 14.7. The molecule has 0 atom stereocenters. The molecule has 1 fully saturated rings. The average Bonchev–Trinajstić information content (AvgIpc) is 3.50. The van der Waals surface area contributed by atoms with Crippen LogP contribution in [0, 0.1) is 10.1 Å². The van der Waals surface area contributed by atoms with Crippen LogP contribution in [0.25, 0.3) is 28.0 Å². The Bertz CT molecular complexity index is 1710. The maximum atomic E-state index is 12.7. The fourth-order valence-corrected chi connectivity index (χ4v) is 6.48. The third-order valence-electron chi connectivity index (χ3n) is 7.51. The topological polar surface area (TPSA) is 152 Å². The molecule has 0 saturated carbocycles. The summed E-state index contributed by atoms with van der Waals surface area (Å²) in [5.74, 6) is -1.00. The molecule has 5 rings (SSSR count). The van der Waals surface area contributed by atoms with Crippen LogP contribution in [0.4, 0.5) is 24.1 Å². The summed E-state index contributed by atoms with van der Waals surface area (Å²) < 4.78 is 49.8. The predicted molar refractivity (Wildman–Crippen MR) is 156 cm³/mol. The minimum atomic E-state index is -4.85. The number of alkyl halides is 3. The number of benzene rings is 1. The van der Waals surface area contributed by atoms with Crippen molar-refractivity contribution in [2.45, 2.75) is 51.4 Å². The number of primary amides is 1. The standard InChI is InChI=1S/C26H28F3N7O5SSi/c1-25(2,3)43(4,5)41-16-12-34(13-16)24-32-20(17-10-19(36(38)39)42-21(17)22(30)37)18-11-31-35(23(18)33-24)14-6-8-15(9-7-14)40-26(27,28)29/h6-11,16H,12-13H2,1-5H3,(H2,30,37). The first kappa shape index (κ1) is 30.4. The summed E-state index contributed by atoms with van der Waals surface area (Å²) in [5, 5.41) is 16.0. The summed E-state index contributed by atoms with van der Waals surface area (Å²) in [6.45, 7) is 11.8. The van der Waals surface area contributed by atoms with E-state index in [1.54, 1.807) is 0 Å². The van der Waals surface area contributed by atoms with Crippen molar-refractivity contribution >= 4 is 47.5 Å². The molecular weight excluding hydrogens is 607 g/mol. The Morgan fingerprint density at radius 1 is 1.16 bits per heavy atom. The largest absolute Gasteiger partial charge is 0.573 e. The van der Waals surface area contributed by atoms with E-state index >= 15 is 0 Å². The van der Waals surface area contributed by atoms with Crippen LogP contribution in [0.3, 0.4) is 0 Å². The number of carbonyl (C=O) groups excluding carboxylic acids is 1. The Morgan fingerprint density at radius 3 is 2.37 bits per heavy atom. The Kier molecular flexibility index (Phi) is 7.46. The van der Waals surface area contributed by atoms with Crippen LogP contribution >= 0.6 is 11.3 Å². The third-order valence-corrected chi connectivity index (χ3v) is 13.1. The zero-order valence-corrected chi connectivity index (χ0v) is 25.6. The van der Waals surface area contributed by atoms with E-state index in [1.165, 1.54) is 29.1 Å². The first-order chi connectivity index (χ1) is 19.9. The highest BCUT2D eigenvalue weighted by atomic mass is 32.1. The number of nitro groups is 1. The van der Waals surface area contributed by atoms with Crippen molar-refractivity contribution in [1.29, 1.82) is 0 Å². The van der Waals surface area contributed by atoms with Gasteiger partial charge in [0.2, 0.25) is 5.95 Å². The molecule has 43 heavy (non-hydrogen) atoms. The number of rotatable bonds is 8. The number of thiophene rings is 1. The molecule has 0 unspecified atom stereocenters. The summed E-state index contributed by atoms with van der Waals surface area (Å²) in [7, 11) is -2.04. The number of nitrogens with zero attached hydrogens (tertiary/aromatic N) is 6. The van der Waals surface area contributed by atoms with Crippen LogP contribution in [-0.2, 0) is 4.43 Å². The van der Waals surface area contributed by atoms with Gasteiger partial charge in [0, 0.05) is 24.7 Å². The lowest BCUT2D eigenvalue weighted by molar-refractivity contribution is -0.380. The van der Waals surface area contributed by atoms with Crippen molar-refractivity contribution in [3.63, 3.8) is 0 Å². The van der Waals surface area contributed by atoms with E-state index in [9.17, 15) is 28.1 Å². The first-order valence-electron chi connectivity index (χ1n) is 13.1. The molecule has 1 aliphatic heterocycles. The average molecular weight is 636 g/mol.